The van der Waals surface area contributed by atoms with Crippen molar-refractivity contribution in [3.05, 3.63) is 64.9 Å². The second-order valence-electron chi connectivity index (χ2n) is 4.22. The van der Waals surface area contributed by atoms with Crippen molar-refractivity contribution in [1.82, 2.24) is 10.3 Å². The van der Waals surface area contributed by atoms with E-state index in [9.17, 15) is 9.59 Å². The van der Waals surface area contributed by atoms with Gasteiger partial charge in [0.05, 0.1) is 5.56 Å². The highest BCUT2D eigenvalue weighted by atomic mass is 35.5. The molecule has 0 bridgehead atoms. The molecule has 0 fully saturated rings. The Kier molecular flexibility index (Phi) is 5.29. The molecular formula is C15H13ClN2O3. The lowest BCUT2D eigenvalue weighted by atomic mass is 10.2. The Morgan fingerprint density at radius 3 is 2.43 bits per heavy atom. The van der Waals surface area contributed by atoms with Crippen molar-refractivity contribution in [2.24, 2.45) is 0 Å². The maximum Gasteiger partial charge on any atom is 0.338 e. The van der Waals surface area contributed by atoms with Gasteiger partial charge in [-0.05, 0) is 29.8 Å². The topological polar surface area (TPSA) is 68.3 Å². The first-order valence-corrected chi connectivity index (χ1v) is 6.61. The van der Waals surface area contributed by atoms with Gasteiger partial charge in [-0.15, -0.1) is 0 Å². The fourth-order valence-electron chi connectivity index (χ4n) is 1.56. The maximum absolute atomic E-state index is 11.6. The van der Waals surface area contributed by atoms with E-state index in [1.165, 1.54) is 24.5 Å². The molecule has 5 nitrogen and oxygen atoms in total. The third-order valence-corrected chi connectivity index (χ3v) is 2.91. The SMILES string of the molecule is O=C(COC(=O)c1ccncc1)NCc1ccc(Cl)cc1. The molecule has 1 N–H and O–H groups in total. The molecule has 0 atom stereocenters. The van der Waals surface area contributed by atoms with Gasteiger partial charge in [0.15, 0.2) is 6.61 Å². The van der Waals surface area contributed by atoms with E-state index < -0.39 is 5.97 Å². The first kappa shape index (κ1) is 15.0. The number of carbonyl (C=O) groups excluding carboxylic acids is 2. The molecule has 0 radical (unpaired) electrons. The van der Waals surface area contributed by atoms with Gasteiger partial charge in [0.1, 0.15) is 0 Å². The predicted molar refractivity (Wildman–Crippen MR) is 77.8 cm³/mol. The summed E-state index contributed by atoms with van der Waals surface area (Å²) in [6.07, 6.45) is 2.97. The number of hydrogen-bond acceptors (Lipinski definition) is 4. The van der Waals surface area contributed by atoms with E-state index in [0.717, 1.165) is 5.56 Å². The van der Waals surface area contributed by atoms with Crippen LogP contribution in [0.5, 0.6) is 0 Å². The van der Waals surface area contributed by atoms with Gasteiger partial charge in [0.25, 0.3) is 5.91 Å². The molecule has 1 aromatic carbocycles. The predicted octanol–water partition coefficient (Wildman–Crippen LogP) is 2.21. The van der Waals surface area contributed by atoms with Gasteiger partial charge in [-0.25, -0.2) is 4.79 Å². The number of halogens is 1. The summed E-state index contributed by atoms with van der Waals surface area (Å²) in [5.41, 5.74) is 1.27. The summed E-state index contributed by atoms with van der Waals surface area (Å²) >= 11 is 5.77. The van der Waals surface area contributed by atoms with Crippen LogP contribution in [0.3, 0.4) is 0 Å². The van der Waals surface area contributed by atoms with Gasteiger partial charge in [-0.3, -0.25) is 9.78 Å². The van der Waals surface area contributed by atoms with E-state index in [4.69, 9.17) is 16.3 Å². The summed E-state index contributed by atoms with van der Waals surface area (Å²) in [4.78, 5) is 27.0. The molecular weight excluding hydrogens is 292 g/mol. The molecule has 1 aromatic heterocycles. The number of ether oxygens (including phenoxy) is 1. The average molecular weight is 305 g/mol. The van der Waals surface area contributed by atoms with Gasteiger partial charge >= 0.3 is 5.97 Å². The Morgan fingerprint density at radius 2 is 1.76 bits per heavy atom. The van der Waals surface area contributed by atoms with E-state index in [1.807, 2.05) is 12.1 Å². The summed E-state index contributed by atoms with van der Waals surface area (Å²) in [6.45, 7) is 0.0254. The fraction of sp³-hybridized carbons (Fsp3) is 0.133. The lowest BCUT2D eigenvalue weighted by Crippen LogP contribution is -2.28. The normalized spacial score (nSPS) is 9.95. The molecule has 0 aliphatic heterocycles. The second-order valence-corrected chi connectivity index (χ2v) is 4.65. The van der Waals surface area contributed by atoms with Crippen LogP contribution in [0.1, 0.15) is 15.9 Å². The summed E-state index contributed by atoms with van der Waals surface area (Å²) < 4.78 is 4.90. The Bertz CT molecular complexity index is 615. The molecule has 2 aromatic rings. The monoisotopic (exact) mass is 304 g/mol. The van der Waals surface area contributed by atoms with Crippen LogP contribution in [-0.4, -0.2) is 23.5 Å². The van der Waals surface area contributed by atoms with Crippen LogP contribution < -0.4 is 5.32 Å². The second kappa shape index (κ2) is 7.40. The Labute approximate surface area is 126 Å². The standard InChI is InChI=1S/C15H13ClN2O3/c16-13-3-1-11(2-4-13)9-18-14(19)10-21-15(20)12-5-7-17-8-6-12/h1-8H,9-10H2,(H,18,19). The summed E-state index contributed by atoms with van der Waals surface area (Å²) in [5, 5.41) is 3.29. The highest BCUT2D eigenvalue weighted by Gasteiger charge is 2.09. The van der Waals surface area contributed by atoms with Crippen LogP contribution in [0.4, 0.5) is 0 Å². The number of pyridine rings is 1. The Hall–Kier alpha value is -2.40. The Balaban J connectivity index is 1.75. The van der Waals surface area contributed by atoms with Crippen LogP contribution in [0, 0.1) is 0 Å². The zero-order valence-corrected chi connectivity index (χ0v) is 11.8. The highest BCUT2D eigenvalue weighted by Crippen LogP contribution is 2.09. The van der Waals surface area contributed by atoms with Gasteiger partial charge < -0.3 is 10.1 Å². The van der Waals surface area contributed by atoms with Crippen molar-refractivity contribution >= 4 is 23.5 Å². The molecule has 108 valence electrons. The van der Waals surface area contributed by atoms with Crippen molar-refractivity contribution in [1.29, 1.82) is 0 Å². The molecule has 2 rings (SSSR count). The number of nitrogens with one attached hydrogen (secondary N) is 1. The molecule has 0 aliphatic rings. The maximum atomic E-state index is 11.6. The molecule has 0 saturated heterocycles. The summed E-state index contributed by atoms with van der Waals surface area (Å²) in [5.74, 6) is -0.925. The lowest BCUT2D eigenvalue weighted by Gasteiger charge is -2.06. The van der Waals surface area contributed by atoms with Gasteiger partial charge in [0, 0.05) is 24.0 Å². The number of aromatic nitrogens is 1. The molecule has 21 heavy (non-hydrogen) atoms. The molecule has 1 amide bonds. The van der Waals surface area contributed by atoms with E-state index in [2.05, 4.69) is 10.3 Å². The van der Waals surface area contributed by atoms with Gasteiger partial charge in [0.2, 0.25) is 0 Å². The van der Waals surface area contributed by atoms with E-state index in [1.54, 1.807) is 12.1 Å². The van der Waals surface area contributed by atoms with Crippen LogP contribution in [-0.2, 0) is 16.1 Å². The quantitative estimate of drug-likeness (QED) is 0.860. The van der Waals surface area contributed by atoms with E-state index in [-0.39, 0.29) is 12.5 Å². The van der Waals surface area contributed by atoms with Crippen molar-refractivity contribution in [3.8, 4) is 0 Å². The van der Waals surface area contributed by atoms with Crippen LogP contribution in [0.15, 0.2) is 48.8 Å². The van der Waals surface area contributed by atoms with Crippen molar-refractivity contribution in [3.63, 3.8) is 0 Å². The van der Waals surface area contributed by atoms with E-state index >= 15 is 0 Å². The van der Waals surface area contributed by atoms with E-state index in [0.29, 0.717) is 17.1 Å². The Morgan fingerprint density at radius 1 is 1.10 bits per heavy atom. The van der Waals surface area contributed by atoms with Crippen LogP contribution in [0.25, 0.3) is 0 Å². The fourth-order valence-corrected chi connectivity index (χ4v) is 1.68. The van der Waals surface area contributed by atoms with Crippen molar-refractivity contribution in [2.45, 2.75) is 6.54 Å². The molecule has 0 unspecified atom stereocenters. The summed E-state index contributed by atoms with van der Waals surface area (Å²) in [7, 11) is 0. The number of amides is 1. The van der Waals surface area contributed by atoms with Crippen molar-refractivity contribution < 1.29 is 14.3 Å². The van der Waals surface area contributed by atoms with Gasteiger partial charge in [-0.1, -0.05) is 23.7 Å². The lowest BCUT2D eigenvalue weighted by molar-refractivity contribution is -0.124. The molecule has 1 heterocycles. The molecule has 0 aliphatic carbocycles. The zero-order chi connectivity index (χ0) is 15.1. The average Bonchev–Trinajstić information content (AvgIpc) is 2.53. The number of hydrogen-bond donors (Lipinski definition) is 1. The van der Waals surface area contributed by atoms with Gasteiger partial charge in [-0.2, -0.15) is 0 Å². The number of nitrogens with zero attached hydrogens (tertiary/aromatic N) is 1. The zero-order valence-electron chi connectivity index (χ0n) is 11.1. The molecule has 0 saturated carbocycles. The first-order valence-electron chi connectivity index (χ1n) is 6.23. The summed E-state index contributed by atoms with van der Waals surface area (Å²) in [6, 6.07) is 10.2. The minimum Gasteiger partial charge on any atom is -0.452 e. The number of carbonyl (C=O) groups is 2. The van der Waals surface area contributed by atoms with Crippen LogP contribution >= 0.6 is 11.6 Å². The number of esters is 1. The minimum absolute atomic E-state index is 0.325. The minimum atomic E-state index is -0.556. The highest BCUT2D eigenvalue weighted by molar-refractivity contribution is 6.30. The largest absolute Gasteiger partial charge is 0.452 e. The molecule has 6 heteroatoms. The van der Waals surface area contributed by atoms with Crippen molar-refractivity contribution in [2.75, 3.05) is 6.61 Å². The molecule has 0 spiro atoms. The number of rotatable bonds is 5. The smallest absolute Gasteiger partial charge is 0.338 e. The third kappa shape index (κ3) is 4.89. The number of benzene rings is 1. The van der Waals surface area contributed by atoms with Crippen LogP contribution in [0.2, 0.25) is 5.02 Å². The first-order chi connectivity index (χ1) is 10.1. The third-order valence-electron chi connectivity index (χ3n) is 2.65.